The molecule has 154 valence electrons. The van der Waals surface area contributed by atoms with E-state index in [9.17, 15) is 14.4 Å². The number of pyridine rings is 1. The van der Waals surface area contributed by atoms with Gasteiger partial charge in [0.2, 0.25) is 0 Å². The normalized spacial score (nSPS) is 11.4. The van der Waals surface area contributed by atoms with Crippen molar-refractivity contribution in [2.75, 3.05) is 7.05 Å². The van der Waals surface area contributed by atoms with Gasteiger partial charge in [0, 0.05) is 19.8 Å². The molecule has 4 rings (SSSR count). The van der Waals surface area contributed by atoms with E-state index in [1.807, 2.05) is 26.0 Å². The number of aromatic nitrogens is 5. The molecule has 0 atom stereocenters. The molecule has 0 aliphatic rings. The highest BCUT2D eigenvalue weighted by atomic mass is 16.2. The van der Waals surface area contributed by atoms with Crippen LogP contribution < -0.4 is 11.2 Å². The number of carbonyl (C=O) groups is 1. The Bertz CT molecular complexity index is 1400. The van der Waals surface area contributed by atoms with Crippen LogP contribution in [0.1, 0.15) is 33.0 Å². The number of carbonyl (C=O) groups excluding carboxylic acids is 1. The maximum Gasteiger partial charge on any atom is 0.329 e. The molecule has 0 unspecified atom stereocenters. The molecular formula is C21H22N6O3. The molecule has 0 fully saturated rings. The number of benzene rings is 1. The van der Waals surface area contributed by atoms with Gasteiger partial charge in [-0.25, -0.2) is 14.8 Å². The summed E-state index contributed by atoms with van der Waals surface area (Å²) >= 11 is 0. The molecule has 1 aromatic carbocycles. The zero-order chi connectivity index (χ0) is 21.7. The Morgan fingerprint density at radius 1 is 1.07 bits per heavy atom. The molecule has 0 saturated heterocycles. The van der Waals surface area contributed by atoms with Crippen molar-refractivity contribution in [3.63, 3.8) is 0 Å². The number of nitrogens with zero attached hydrogens (tertiary/aromatic N) is 4. The summed E-state index contributed by atoms with van der Waals surface area (Å²) in [5.74, 6) is 0.282. The summed E-state index contributed by atoms with van der Waals surface area (Å²) in [6.45, 7) is 6.01. The fourth-order valence-electron chi connectivity index (χ4n) is 3.53. The van der Waals surface area contributed by atoms with Gasteiger partial charge in [-0.2, -0.15) is 0 Å². The number of amides is 1. The summed E-state index contributed by atoms with van der Waals surface area (Å²) < 4.78 is 1.23. The van der Waals surface area contributed by atoms with E-state index in [2.05, 4.69) is 19.9 Å². The van der Waals surface area contributed by atoms with Gasteiger partial charge in [-0.15, -0.1) is 0 Å². The monoisotopic (exact) mass is 406 g/mol. The van der Waals surface area contributed by atoms with Gasteiger partial charge in [-0.3, -0.25) is 19.1 Å². The summed E-state index contributed by atoms with van der Waals surface area (Å²) in [6.07, 6.45) is 0. The van der Waals surface area contributed by atoms with Crippen LogP contribution >= 0.6 is 0 Å². The Balaban J connectivity index is 1.74. The predicted octanol–water partition coefficient (Wildman–Crippen LogP) is 1.70. The molecule has 9 nitrogen and oxygen atoms in total. The van der Waals surface area contributed by atoms with Crippen LogP contribution in [0.4, 0.5) is 0 Å². The summed E-state index contributed by atoms with van der Waals surface area (Å²) in [7, 11) is 3.15. The van der Waals surface area contributed by atoms with E-state index in [1.165, 1.54) is 16.5 Å². The second kappa shape index (κ2) is 6.94. The van der Waals surface area contributed by atoms with Gasteiger partial charge >= 0.3 is 5.69 Å². The van der Waals surface area contributed by atoms with Crippen molar-refractivity contribution in [3.8, 4) is 0 Å². The van der Waals surface area contributed by atoms with Gasteiger partial charge in [-0.05, 0) is 50.1 Å². The van der Waals surface area contributed by atoms with E-state index in [0.717, 1.165) is 22.2 Å². The van der Waals surface area contributed by atoms with Gasteiger partial charge in [0.1, 0.15) is 11.5 Å². The maximum absolute atomic E-state index is 13.2. The Hall–Kier alpha value is -3.75. The number of imidazole rings is 1. The molecule has 9 heteroatoms. The number of hydrogen-bond donors (Lipinski definition) is 2. The molecule has 2 N–H and O–H groups in total. The average molecular weight is 406 g/mol. The number of hydrogen-bond acceptors (Lipinski definition) is 5. The number of nitrogens with one attached hydrogen (secondary N) is 2. The third-order valence-electron chi connectivity index (χ3n) is 5.31. The minimum Gasteiger partial charge on any atom is -0.340 e. The van der Waals surface area contributed by atoms with Crippen molar-refractivity contribution in [2.24, 2.45) is 7.05 Å². The fourth-order valence-corrected chi connectivity index (χ4v) is 3.53. The lowest BCUT2D eigenvalue weighted by Crippen LogP contribution is -2.32. The van der Waals surface area contributed by atoms with Crippen LogP contribution in [0.2, 0.25) is 0 Å². The summed E-state index contributed by atoms with van der Waals surface area (Å²) in [5, 5.41) is 0.0930. The second-order valence-electron chi connectivity index (χ2n) is 7.63. The standard InChI is InChI=1S/C21H22N6O3/c1-10-6-14-15(7-11(10)2)24-16(23-14)9-26(4)20(29)13-8-12(3)22-18-17(13)19(28)25-21(30)27(18)5/h6-8H,9H2,1-5H3,(H,23,24)(H,25,28,30). The second-order valence-corrected chi connectivity index (χ2v) is 7.63. The van der Waals surface area contributed by atoms with Crippen LogP contribution in [-0.2, 0) is 13.6 Å². The zero-order valence-electron chi connectivity index (χ0n) is 17.5. The number of fused-ring (bicyclic) bond motifs is 2. The highest BCUT2D eigenvalue weighted by molar-refractivity contribution is 6.05. The Kier molecular flexibility index (Phi) is 4.53. The number of aromatic amines is 2. The molecule has 1 amide bonds. The minimum atomic E-state index is -0.632. The van der Waals surface area contributed by atoms with Crippen molar-refractivity contribution in [1.82, 2.24) is 29.4 Å². The Morgan fingerprint density at radius 3 is 2.50 bits per heavy atom. The molecular weight excluding hydrogens is 384 g/mol. The smallest absolute Gasteiger partial charge is 0.329 e. The van der Waals surface area contributed by atoms with Crippen LogP contribution in [0.25, 0.3) is 22.1 Å². The van der Waals surface area contributed by atoms with E-state index < -0.39 is 11.2 Å². The van der Waals surface area contributed by atoms with Crippen LogP contribution in [-0.4, -0.2) is 42.4 Å². The molecule has 0 bridgehead atoms. The zero-order valence-corrected chi connectivity index (χ0v) is 17.5. The molecule has 0 saturated carbocycles. The average Bonchev–Trinajstić information content (AvgIpc) is 3.05. The van der Waals surface area contributed by atoms with Crippen molar-refractivity contribution < 1.29 is 4.79 Å². The van der Waals surface area contributed by atoms with Crippen molar-refractivity contribution in [3.05, 3.63) is 67.2 Å². The van der Waals surface area contributed by atoms with Crippen molar-refractivity contribution in [1.29, 1.82) is 0 Å². The SMILES string of the molecule is Cc1cc(C(=O)N(C)Cc2nc3cc(C)c(C)cc3[nH]2)c2c(=O)[nH]c(=O)n(C)c2n1. The first-order valence-corrected chi connectivity index (χ1v) is 9.47. The first-order chi connectivity index (χ1) is 14.2. The molecule has 4 aromatic rings. The lowest BCUT2D eigenvalue weighted by atomic mass is 10.1. The van der Waals surface area contributed by atoms with Crippen LogP contribution in [0.3, 0.4) is 0 Å². The van der Waals surface area contributed by atoms with E-state index in [0.29, 0.717) is 11.5 Å². The lowest BCUT2D eigenvalue weighted by molar-refractivity contribution is 0.0783. The van der Waals surface area contributed by atoms with Crippen molar-refractivity contribution in [2.45, 2.75) is 27.3 Å². The van der Waals surface area contributed by atoms with Crippen LogP contribution in [0, 0.1) is 20.8 Å². The van der Waals surface area contributed by atoms with Crippen LogP contribution in [0.15, 0.2) is 27.8 Å². The molecule has 0 aliphatic heterocycles. The molecule has 0 radical (unpaired) electrons. The third-order valence-corrected chi connectivity index (χ3v) is 5.31. The summed E-state index contributed by atoms with van der Waals surface area (Å²) in [4.78, 5) is 53.4. The molecule has 30 heavy (non-hydrogen) atoms. The van der Waals surface area contributed by atoms with Gasteiger partial charge in [0.25, 0.3) is 11.5 Å². The number of rotatable bonds is 3. The summed E-state index contributed by atoms with van der Waals surface area (Å²) in [6, 6.07) is 5.60. The van der Waals surface area contributed by atoms with Gasteiger partial charge < -0.3 is 9.88 Å². The predicted molar refractivity (Wildman–Crippen MR) is 114 cm³/mol. The maximum atomic E-state index is 13.2. The number of aryl methyl sites for hydroxylation is 4. The Labute approximate surface area is 171 Å². The molecule has 0 spiro atoms. The Morgan fingerprint density at radius 2 is 1.77 bits per heavy atom. The highest BCUT2D eigenvalue weighted by Gasteiger charge is 2.21. The fraction of sp³-hybridized carbons (Fsp3) is 0.286. The van der Waals surface area contributed by atoms with Crippen LogP contribution in [0.5, 0.6) is 0 Å². The quantitative estimate of drug-likeness (QED) is 0.537. The van der Waals surface area contributed by atoms with E-state index >= 15 is 0 Å². The highest BCUT2D eigenvalue weighted by Crippen LogP contribution is 2.19. The van der Waals surface area contributed by atoms with E-state index in [-0.39, 0.29) is 29.0 Å². The largest absolute Gasteiger partial charge is 0.340 e. The number of H-pyrrole nitrogens is 2. The minimum absolute atomic E-state index is 0.0930. The topological polar surface area (TPSA) is 117 Å². The summed E-state index contributed by atoms with van der Waals surface area (Å²) in [5.41, 5.74) is 3.75. The van der Waals surface area contributed by atoms with Gasteiger partial charge in [0.15, 0.2) is 0 Å². The molecule has 0 aliphatic carbocycles. The van der Waals surface area contributed by atoms with Gasteiger partial charge in [0.05, 0.1) is 28.5 Å². The van der Waals surface area contributed by atoms with Crippen molar-refractivity contribution >= 4 is 28.0 Å². The van der Waals surface area contributed by atoms with E-state index in [1.54, 1.807) is 20.0 Å². The first-order valence-electron chi connectivity index (χ1n) is 9.47. The third kappa shape index (κ3) is 3.18. The lowest BCUT2D eigenvalue weighted by Gasteiger charge is -2.17. The first kappa shape index (κ1) is 19.6. The molecule has 3 aromatic heterocycles. The van der Waals surface area contributed by atoms with E-state index in [4.69, 9.17) is 0 Å². The molecule has 3 heterocycles. The van der Waals surface area contributed by atoms with Gasteiger partial charge in [-0.1, -0.05) is 0 Å².